The van der Waals surface area contributed by atoms with Crippen LogP contribution in [0.15, 0.2) is 12.4 Å². The maximum Gasteiger partial charge on any atom is 0.160 e. The van der Waals surface area contributed by atoms with E-state index in [9.17, 15) is 5.11 Å². The molecule has 0 aliphatic heterocycles. The van der Waals surface area contributed by atoms with E-state index < -0.39 is 11.0 Å². The lowest BCUT2D eigenvalue weighted by Gasteiger charge is -2.46. The van der Waals surface area contributed by atoms with Gasteiger partial charge in [-0.05, 0) is 18.4 Å². The van der Waals surface area contributed by atoms with Crippen LogP contribution in [0.3, 0.4) is 0 Å². The maximum absolute atomic E-state index is 10.3. The standard InChI is InChI=1S/C13H17N3O/c1-9(2)10-4-15-11(16-5-10)13(17)6-12(3,7-13)8-14/h4-5,9,17H,6-7H2,1-3H3. The van der Waals surface area contributed by atoms with Crippen molar-refractivity contribution in [3.8, 4) is 6.07 Å². The quantitative estimate of drug-likeness (QED) is 0.846. The Morgan fingerprint density at radius 2 is 1.88 bits per heavy atom. The lowest BCUT2D eigenvalue weighted by molar-refractivity contribution is -0.109. The molecule has 90 valence electrons. The van der Waals surface area contributed by atoms with E-state index in [1.807, 2.05) is 6.92 Å². The third kappa shape index (κ3) is 2.03. The summed E-state index contributed by atoms with van der Waals surface area (Å²) in [5.74, 6) is 0.819. The highest BCUT2D eigenvalue weighted by atomic mass is 16.3. The molecule has 17 heavy (non-hydrogen) atoms. The van der Waals surface area contributed by atoms with Crippen LogP contribution in [0, 0.1) is 16.7 Å². The van der Waals surface area contributed by atoms with Crippen molar-refractivity contribution in [2.75, 3.05) is 0 Å². The van der Waals surface area contributed by atoms with Crippen LogP contribution < -0.4 is 0 Å². The molecule has 1 aliphatic rings. The molecule has 0 spiro atoms. The smallest absolute Gasteiger partial charge is 0.160 e. The minimum Gasteiger partial charge on any atom is -0.382 e. The van der Waals surface area contributed by atoms with Crippen molar-refractivity contribution >= 4 is 0 Å². The first-order valence-corrected chi connectivity index (χ1v) is 5.85. The summed E-state index contributed by atoms with van der Waals surface area (Å²) in [5, 5.41) is 19.2. The number of hydrogen-bond donors (Lipinski definition) is 1. The van der Waals surface area contributed by atoms with E-state index in [0.717, 1.165) is 5.56 Å². The lowest BCUT2D eigenvalue weighted by Crippen LogP contribution is -2.48. The van der Waals surface area contributed by atoms with Crippen LogP contribution in [0.2, 0.25) is 0 Å². The number of rotatable bonds is 2. The van der Waals surface area contributed by atoms with Gasteiger partial charge < -0.3 is 5.11 Å². The summed E-state index contributed by atoms with van der Waals surface area (Å²) < 4.78 is 0. The van der Waals surface area contributed by atoms with Crippen LogP contribution in [-0.4, -0.2) is 15.1 Å². The molecule has 1 aromatic heterocycles. The van der Waals surface area contributed by atoms with Gasteiger partial charge in [0.15, 0.2) is 5.82 Å². The van der Waals surface area contributed by atoms with Gasteiger partial charge in [0.1, 0.15) is 5.60 Å². The third-order valence-electron chi connectivity index (χ3n) is 3.39. The van der Waals surface area contributed by atoms with Crippen LogP contribution in [0.25, 0.3) is 0 Å². The summed E-state index contributed by atoms with van der Waals surface area (Å²) in [6.07, 6.45) is 4.34. The van der Waals surface area contributed by atoms with E-state index >= 15 is 0 Å². The average Bonchev–Trinajstić information content (AvgIpc) is 2.27. The number of aliphatic hydroxyl groups is 1. The highest BCUT2D eigenvalue weighted by molar-refractivity contribution is 5.20. The fourth-order valence-electron chi connectivity index (χ4n) is 2.35. The van der Waals surface area contributed by atoms with Gasteiger partial charge >= 0.3 is 0 Å². The van der Waals surface area contributed by atoms with Gasteiger partial charge in [0.25, 0.3) is 0 Å². The van der Waals surface area contributed by atoms with Crippen molar-refractivity contribution in [1.29, 1.82) is 5.26 Å². The first-order valence-electron chi connectivity index (χ1n) is 5.85. The monoisotopic (exact) mass is 231 g/mol. The minimum absolute atomic E-state index is 0.379. The van der Waals surface area contributed by atoms with Crippen LogP contribution in [0.4, 0.5) is 0 Å². The van der Waals surface area contributed by atoms with E-state index in [1.54, 1.807) is 12.4 Å². The molecule has 1 N–H and O–H groups in total. The van der Waals surface area contributed by atoms with Crippen molar-refractivity contribution in [3.05, 3.63) is 23.8 Å². The molecule has 2 rings (SSSR count). The number of aromatic nitrogens is 2. The molecule has 0 radical (unpaired) electrons. The summed E-state index contributed by atoms with van der Waals surface area (Å²) >= 11 is 0. The van der Waals surface area contributed by atoms with Crippen LogP contribution >= 0.6 is 0 Å². The second kappa shape index (κ2) is 3.78. The minimum atomic E-state index is -1.01. The molecule has 4 nitrogen and oxygen atoms in total. The Hall–Kier alpha value is -1.47. The predicted molar refractivity (Wildman–Crippen MR) is 63.0 cm³/mol. The molecule has 0 bridgehead atoms. The van der Waals surface area contributed by atoms with E-state index in [1.165, 1.54) is 0 Å². The largest absolute Gasteiger partial charge is 0.382 e. The zero-order valence-corrected chi connectivity index (χ0v) is 10.4. The van der Waals surface area contributed by atoms with Crippen molar-refractivity contribution in [2.24, 2.45) is 5.41 Å². The third-order valence-corrected chi connectivity index (χ3v) is 3.39. The molecule has 0 atom stereocenters. The SMILES string of the molecule is CC(C)c1cnc(C2(O)CC(C)(C#N)C2)nc1. The van der Waals surface area contributed by atoms with E-state index in [2.05, 4.69) is 29.9 Å². The van der Waals surface area contributed by atoms with Crippen LogP contribution in [0.1, 0.15) is 50.9 Å². The highest BCUT2D eigenvalue weighted by Gasteiger charge is 2.54. The van der Waals surface area contributed by atoms with E-state index in [4.69, 9.17) is 5.26 Å². The Labute approximate surface area is 101 Å². The highest BCUT2D eigenvalue weighted by Crippen LogP contribution is 2.52. The molecule has 1 heterocycles. The molecule has 1 aliphatic carbocycles. The van der Waals surface area contributed by atoms with Gasteiger partial charge in [-0.25, -0.2) is 9.97 Å². The first-order chi connectivity index (χ1) is 7.88. The summed E-state index contributed by atoms with van der Waals surface area (Å²) in [6.45, 7) is 6.00. The van der Waals surface area contributed by atoms with Crippen molar-refractivity contribution < 1.29 is 5.11 Å². The Balaban J connectivity index is 2.18. The van der Waals surface area contributed by atoms with Crippen LogP contribution in [0.5, 0.6) is 0 Å². The average molecular weight is 231 g/mol. The van der Waals surface area contributed by atoms with E-state index in [-0.39, 0.29) is 0 Å². The second-order valence-corrected chi connectivity index (χ2v) is 5.55. The molecule has 1 fully saturated rings. The molecule has 0 aromatic carbocycles. The van der Waals surface area contributed by atoms with Gasteiger partial charge in [-0.15, -0.1) is 0 Å². The number of nitriles is 1. The molecule has 0 saturated heterocycles. The van der Waals surface area contributed by atoms with Gasteiger partial charge in [-0.2, -0.15) is 5.26 Å². The van der Waals surface area contributed by atoms with E-state index in [0.29, 0.717) is 24.6 Å². The normalized spacial score (nSPS) is 32.0. The molecule has 1 aromatic rings. The van der Waals surface area contributed by atoms with Crippen LogP contribution in [-0.2, 0) is 5.60 Å². The van der Waals surface area contributed by atoms with Gasteiger partial charge in [-0.1, -0.05) is 13.8 Å². The van der Waals surface area contributed by atoms with Gasteiger partial charge in [0.2, 0.25) is 0 Å². The van der Waals surface area contributed by atoms with Crippen molar-refractivity contribution in [1.82, 2.24) is 9.97 Å². The van der Waals surface area contributed by atoms with Crippen molar-refractivity contribution in [3.63, 3.8) is 0 Å². The Kier molecular flexibility index (Phi) is 2.67. The predicted octanol–water partition coefficient (Wildman–Crippen LogP) is 2.11. The first kappa shape index (κ1) is 12.0. The molecule has 0 unspecified atom stereocenters. The Morgan fingerprint density at radius 1 is 1.35 bits per heavy atom. The van der Waals surface area contributed by atoms with Gasteiger partial charge in [0, 0.05) is 25.2 Å². The zero-order chi connectivity index (χ0) is 12.7. The lowest BCUT2D eigenvalue weighted by atomic mass is 9.60. The molecular formula is C13H17N3O. The summed E-state index contributed by atoms with van der Waals surface area (Å²) in [4.78, 5) is 8.45. The molecule has 0 amide bonds. The number of hydrogen-bond acceptors (Lipinski definition) is 4. The summed E-state index contributed by atoms with van der Waals surface area (Å²) in [5.41, 5.74) is -0.394. The molecule has 4 heteroatoms. The molecular weight excluding hydrogens is 214 g/mol. The Bertz CT molecular complexity index is 453. The fourth-order valence-corrected chi connectivity index (χ4v) is 2.35. The summed E-state index contributed by atoms with van der Waals surface area (Å²) in [6, 6.07) is 2.22. The molecule has 1 saturated carbocycles. The maximum atomic E-state index is 10.3. The summed E-state index contributed by atoms with van der Waals surface area (Å²) in [7, 11) is 0. The topological polar surface area (TPSA) is 69.8 Å². The second-order valence-electron chi connectivity index (χ2n) is 5.55. The number of nitrogens with zero attached hydrogens (tertiary/aromatic N) is 3. The Morgan fingerprint density at radius 3 is 2.29 bits per heavy atom. The van der Waals surface area contributed by atoms with Gasteiger partial charge in [0.05, 0.1) is 11.5 Å². The van der Waals surface area contributed by atoms with Crippen molar-refractivity contribution in [2.45, 2.75) is 45.1 Å². The van der Waals surface area contributed by atoms with Gasteiger partial charge in [-0.3, -0.25) is 0 Å². The zero-order valence-electron chi connectivity index (χ0n) is 10.4. The fraction of sp³-hybridized carbons (Fsp3) is 0.615.